The van der Waals surface area contributed by atoms with E-state index in [0.29, 0.717) is 6.61 Å². The van der Waals surface area contributed by atoms with E-state index in [1.165, 1.54) is 6.07 Å². The highest BCUT2D eigenvalue weighted by Gasteiger charge is 2.09. The van der Waals surface area contributed by atoms with Crippen LogP contribution < -0.4 is 0 Å². The second kappa shape index (κ2) is 6.94. The average Bonchev–Trinajstić information content (AvgIpc) is 2.22. The number of ether oxygens (including phenoxy) is 1. The van der Waals surface area contributed by atoms with Crippen molar-refractivity contribution in [1.29, 1.82) is 0 Å². The molecule has 0 radical (unpaired) electrons. The summed E-state index contributed by atoms with van der Waals surface area (Å²) in [5, 5.41) is -0.0224. The lowest BCUT2D eigenvalue weighted by atomic mass is 10.1. The summed E-state index contributed by atoms with van der Waals surface area (Å²) < 4.78 is 17.9. The molecule has 0 aliphatic rings. The van der Waals surface area contributed by atoms with Crippen molar-refractivity contribution in [2.45, 2.75) is 18.8 Å². The molecule has 0 N–H and O–H groups in total. The molecule has 0 aliphatic heterocycles. The van der Waals surface area contributed by atoms with Crippen LogP contribution in [0.4, 0.5) is 4.39 Å². The van der Waals surface area contributed by atoms with Crippen LogP contribution in [0, 0.1) is 12.7 Å². The van der Waals surface area contributed by atoms with Crippen LogP contribution in [0.25, 0.3) is 0 Å². The lowest BCUT2D eigenvalue weighted by Gasteiger charge is -2.20. The van der Waals surface area contributed by atoms with E-state index >= 15 is 0 Å². The highest BCUT2D eigenvalue weighted by atomic mass is 35.5. The summed E-state index contributed by atoms with van der Waals surface area (Å²) in [6, 6.07) is 4.86. The summed E-state index contributed by atoms with van der Waals surface area (Å²) in [5.74, 6) is -0.191. The Bertz CT molecular complexity index is 359. The van der Waals surface area contributed by atoms with E-state index < -0.39 is 0 Å². The SMILES string of the molecule is COCC(Cl)CN(C)Cc1ccc(F)cc1C. The van der Waals surface area contributed by atoms with E-state index in [2.05, 4.69) is 4.90 Å². The minimum atomic E-state index is -0.191. The Morgan fingerprint density at radius 2 is 2.18 bits per heavy atom. The van der Waals surface area contributed by atoms with Crippen molar-refractivity contribution in [2.24, 2.45) is 0 Å². The Balaban J connectivity index is 2.52. The van der Waals surface area contributed by atoms with Gasteiger partial charge < -0.3 is 9.64 Å². The molecule has 0 bridgehead atoms. The molecule has 0 heterocycles. The van der Waals surface area contributed by atoms with Crippen LogP contribution in [-0.4, -0.2) is 37.6 Å². The second-order valence-electron chi connectivity index (χ2n) is 4.32. The van der Waals surface area contributed by atoms with Gasteiger partial charge in [0.1, 0.15) is 5.82 Å². The van der Waals surface area contributed by atoms with E-state index in [9.17, 15) is 4.39 Å². The quantitative estimate of drug-likeness (QED) is 0.729. The van der Waals surface area contributed by atoms with Crippen molar-refractivity contribution in [3.63, 3.8) is 0 Å². The van der Waals surface area contributed by atoms with E-state index in [1.54, 1.807) is 13.2 Å². The number of methoxy groups -OCH3 is 1. The molecule has 0 aliphatic carbocycles. The summed E-state index contributed by atoms with van der Waals surface area (Å²) >= 11 is 6.08. The molecule has 0 aromatic heterocycles. The van der Waals surface area contributed by atoms with Crippen molar-refractivity contribution >= 4 is 11.6 Å². The molecule has 2 nitrogen and oxygen atoms in total. The Hall–Kier alpha value is -0.640. The van der Waals surface area contributed by atoms with Gasteiger partial charge >= 0.3 is 0 Å². The maximum Gasteiger partial charge on any atom is 0.123 e. The minimum Gasteiger partial charge on any atom is -0.383 e. The van der Waals surface area contributed by atoms with Crippen LogP contribution in [0.3, 0.4) is 0 Å². The first-order valence-corrected chi connectivity index (χ1v) is 6.03. The molecule has 1 atom stereocenters. The largest absolute Gasteiger partial charge is 0.383 e. The number of halogens is 2. The first-order valence-electron chi connectivity index (χ1n) is 5.59. The summed E-state index contributed by atoms with van der Waals surface area (Å²) in [6.45, 7) is 3.96. The lowest BCUT2D eigenvalue weighted by molar-refractivity contribution is 0.181. The first-order chi connectivity index (χ1) is 8.02. The van der Waals surface area contributed by atoms with Gasteiger partial charge in [0.25, 0.3) is 0 Å². The molecule has 1 aromatic rings. The number of benzene rings is 1. The zero-order valence-electron chi connectivity index (χ0n) is 10.5. The van der Waals surface area contributed by atoms with Gasteiger partial charge in [-0.3, -0.25) is 0 Å². The maximum atomic E-state index is 12.9. The monoisotopic (exact) mass is 259 g/mol. The summed E-state index contributed by atoms with van der Waals surface area (Å²) in [7, 11) is 3.63. The third-order valence-electron chi connectivity index (χ3n) is 2.60. The molecule has 0 spiro atoms. The number of alkyl halides is 1. The zero-order chi connectivity index (χ0) is 12.8. The van der Waals surface area contributed by atoms with E-state index in [0.717, 1.165) is 24.2 Å². The second-order valence-corrected chi connectivity index (χ2v) is 4.94. The van der Waals surface area contributed by atoms with Gasteiger partial charge in [-0.15, -0.1) is 11.6 Å². The molecule has 17 heavy (non-hydrogen) atoms. The maximum absolute atomic E-state index is 12.9. The average molecular weight is 260 g/mol. The molecule has 1 aromatic carbocycles. The predicted octanol–water partition coefficient (Wildman–Crippen LogP) is 2.82. The Morgan fingerprint density at radius 3 is 2.76 bits per heavy atom. The van der Waals surface area contributed by atoms with Crippen LogP contribution in [0.1, 0.15) is 11.1 Å². The zero-order valence-corrected chi connectivity index (χ0v) is 11.3. The normalized spacial score (nSPS) is 13.1. The van der Waals surface area contributed by atoms with Crippen LogP contribution in [0.15, 0.2) is 18.2 Å². The van der Waals surface area contributed by atoms with Gasteiger partial charge in [0.05, 0.1) is 12.0 Å². The van der Waals surface area contributed by atoms with Gasteiger partial charge in [0.15, 0.2) is 0 Å². The van der Waals surface area contributed by atoms with E-state index in [4.69, 9.17) is 16.3 Å². The standard InChI is InChI=1S/C13H19ClFNO/c1-10-6-13(15)5-4-11(10)7-16(2)8-12(14)9-17-3/h4-6,12H,7-9H2,1-3H3. The highest BCUT2D eigenvalue weighted by molar-refractivity contribution is 6.20. The predicted molar refractivity (Wildman–Crippen MR) is 69.0 cm³/mol. The molecule has 4 heteroatoms. The molecule has 96 valence electrons. The fourth-order valence-corrected chi connectivity index (χ4v) is 2.13. The number of aryl methyl sites for hydroxylation is 1. The van der Waals surface area contributed by atoms with Crippen LogP contribution in [0.2, 0.25) is 0 Å². The molecular formula is C13H19ClFNO. The fraction of sp³-hybridized carbons (Fsp3) is 0.538. The van der Waals surface area contributed by atoms with Gasteiger partial charge in [-0.25, -0.2) is 4.39 Å². The lowest BCUT2D eigenvalue weighted by Crippen LogP contribution is -2.28. The van der Waals surface area contributed by atoms with E-state index in [1.807, 2.05) is 20.0 Å². The van der Waals surface area contributed by atoms with Crippen molar-refractivity contribution in [1.82, 2.24) is 4.90 Å². The van der Waals surface area contributed by atoms with Crippen molar-refractivity contribution in [2.75, 3.05) is 27.3 Å². The van der Waals surface area contributed by atoms with Crippen LogP contribution in [0.5, 0.6) is 0 Å². The third-order valence-corrected chi connectivity index (χ3v) is 2.87. The van der Waals surface area contributed by atoms with Gasteiger partial charge in [-0.05, 0) is 37.2 Å². The Labute approximate surface area is 107 Å². The van der Waals surface area contributed by atoms with Gasteiger partial charge in [-0.2, -0.15) is 0 Å². The molecule has 0 saturated carbocycles. The van der Waals surface area contributed by atoms with Crippen molar-refractivity contribution in [3.05, 3.63) is 35.1 Å². The molecule has 0 saturated heterocycles. The molecular weight excluding hydrogens is 241 g/mol. The van der Waals surface area contributed by atoms with Gasteiger partial charge in [-0.1, -0.05) is 6.07 Å². The Kier molecular flexibility index (Phi) is 5.89. The van der Waals surface area contributed by atoms with Crippen molar-refractivity contribution < 1.29 is 9.13 Å². The third kappa shape index (κ3) is 5.02. The van der Waals surface area contributed by atoms with Crippen molar-refractivity contribution in [3.8, 4) is 0 Å². The minimum absolute atomic E-state index is 0.0224. The summed E-state index contributed by atoms with van der Waals surface area (Å²) in [6.07, 6.45) is 0. The topological polar surface area (TPSA) is 12.5 Å². The number of hydrogen-bond donors (Lipinski definition) is 0. The summed E-state index contributed by atoms with van der Waals surface area (Å²) in [4.78, 5) is 2.11. The molecule has 0 amide bonds. The molecule has 0 fully saturated rings. The number of rotatable bonds is 6. The first kappa shape index (κ1) is 14.4. The number of hydrogen-bond acceptors (Lipinski definition) is 2. The summed E-state index contributed by atoms with van der Waals surface area (Å²) in [5.41, 5.74) is 2.09. The Morgan fingerprint density at radius 1 is 1.47 bits per heavy atom. The van der Waals surface area contributed by atoms with Gasteiger partial charge in [0.2, 0.25) is 0 Å². The fourth-order valence-electron chi connectivity index (χ4n) is 1.76. The highest BCUT2D eigenvalue weighted by Crippen LogP contribution is 2.12. The number of nitrogens with zero attached hydrogens (tertiary/aromatic N) is 1. The van der Waals surface area contributed by atoms with Gasteiger partial charge in [0, 0.05) is 20.2 Å². The van der Waals surface area contributed by atoms with Crippen LogP contribution >= 0.6 is 11.6 Å². The van der Waals surface area contributed by atoms with Crippen LogP contribution in [-0.2, 0) is 11.3 Å². The smallest absolute Gasteiger partial charge is 0.123 e. The molecule has 1 rings (SSSR count). The molecule has 1 unspecified atom stereocenters. The van der Waals surface area contributed by atoms with E-state index in [-0.39, 0.29) is 11.2 Å².